The Kier molecular flexibility index (Phi) is 3.09. The van der Waals surface area contributed by atoms with Crippen LogP contribution in [0.15, 0.2) is 18.2 Å². The summed E-state index contributed by atoms with van der Waals surface area (Å²) in [7, 11) is 0. The van der Waals surface area contributed by atoms with E-state index in [1.807, 2.05) is 0 Å². The van der Waals surface area contributed by atoms with Crippen molar-refractivity contribution in [1.82, 2.24) is 0 Å². The van der Waals surface area contributed by atoms with E-state index in [4.69, 9.17) is 5.11 Å². The number of ketones is 1. The van der Waals surface area contributed by atoms with Gasteiger partial charge in [-0.3, -0.25) is 4.79 Å². The number of aliphatic hydroxyl groups is 1. The highest BCUT2D eigenvalue weighted by atomic mass is 16.3. The zero-order valence-electron chi connectivity index (χ0n) is 7.77. The minimum absolute atomic E-state index is 0.120. The smallest absolute Gasteiger partial charge is 0.172 e. The van der Waals surface area contributed by atoms with Crippen LogP contribution < -0.4 is 0 Å². The number of carbonyl (C=O) groups is 1. The summed E-state index contributed by atoms with van der Waals surface area (Å²) in [5, 5.41) is 27.6. The first-order valence-corrected chi connectivity index (χ1v) is 4.24. The fraction of sp³-hybridized carbons (Fsp3) is 0.300. The van der Waals surface area contributed by atoms with Crippen LogP contribution in [0.5, 0.6) is 11.5 Å². The molecule has 1 aromatic rings. The van der Waals surface area contributed by atoms with Gasteiger partial charge in [-0.15, -0.1) is 0 Å². The van der Waals surface area contributed by atoms with Crippen molar-refractivity contribution in [2.24, 2.45) is 0 Å². The molecule has 4 heteroatoms. The summed E-state index contributed by atoms with van der Waals surface area (Å²) in [6.45, 7) is 1.47. The van der Waals surface area contributed by atoms with Crippen molar-refractivity contribution in [3.05, 3.63) is 23.8 Å². The van der Waals surface area contributed by atoms with Crippen LogP contribution in [0.2, 0.25) is 0 Å². The van der Waals surface area contributed by atoms with Crippen LogP contribution in [0.1, 0.15) is 23.7 Å². The van der Waals surface area contributed by atoms with Crippen molar-refractivity contribution in [3.63, 3.8) is 0 Å². The fourth-order valence-corrected chi connectivity index (χ4v) is 1.18. The van der Waals surface area contributed by atoms with Crippen molar-refractivity contribution in [3.8, 4) is 11.5 Å². The lowest BCUT2D eigenvalue weighted by atomic mass is 10.0. The number of phenolic OH excluding ortho intramolecular Hbond substituents is 2. The molecule has 0 aliphatic heterocycles. The van der Waals surface area contributed by atoms with E-state index in [1.165, 1.54) is 25.1 Å². The second kappa shape index (κ2) is 4.11. The van der Waals surface area contributed by atoms with Crippen LogP contribution in [0.4, 0.5) is 0 Å². The van der Waals surface area contributed by atoms with Gasteiger partial charge in [0.2, 0.25) is 0 Å². The number of aromatic hydroxyl groups is 2. The van der Waals surface area contributed by atoms with E-state index < -0.39 is 11.9 Å². The van der Waals surface area contributed by atoms with Crippen molar-refractivity contribution in [2.45, 2.75) is 19.4 Å². The number of benzene rings is 1. The number of phenols is 2. The van der Waals surface area contributed by atoms with E-state index in [9.17, 15) is 15.0 Å². The van der Waals surface area contributed by atoms with Gasteiger partial charge in [-0.05, 0) is 19.1 Å². The number of aliphatic hydroxyl groups excluding tert-OH is 1. The summed E-state index contributed by atoms with van der Waals surface area (Å²) in [5.74, 6) is -1.01. The van der Waals surface area contributed by atoms with Crippen LogP contribution in [0.25, 0.3) is 0 Å². The normalized spacial score (nSPS) is 12.4. The van der Waals surface area contributed by atoms with Gasteiger partial charge >= 0.3 is 0 Å². The topological polar surface area (TPSA) is 77.8 Å². The minimum Gasteiger partial charge on any atom is -0.507 e. The molecule has 1 unspecified atom stereocenters. The predicted octanol–water partition coefficient (Wildman–Crippen LogP) is 1.05. The van der Waals surface area contributed by atoms with Gasteiger partial charge in [0, 0.05) is 6.42 Å². The van der Waals surface area contributed by atoms with Crippen molar-refractivity contribution < 1.29 is 20.1 Å². The Balaban J connectivity index is 3.00. The van der Waals surface area contributed by atoms with E-state index in [1.54, 1.807) is 0 Å². The molecule has 0 aliphatic rings. The molecular formula is C10H12O4. The first kappa shape index (κ1) is 10.5. The number of hydrogen-bond acceptors (Lipinski definition) is 4. The first-order chi connectivity index (χ1) is 6.52. The standard InChI is InChI=1S/C10H12O4/c1-6(11)5-9(14)10-7(12)3-2-4-8(10)13/h2-4,6,11-13H,5H2,1H3. The fourth-order valence-electron chi connectivity index (χ4n) is 1.18. The predicted molar refractivity (Wildman–Crippen MR) is 50.4 cm³/mol. The van der Waals surface area contributed by atoms with E-state index in [0.29, 0.717) is 0 Å². The molecule has 4 nitrogen and oxygen atoms in total. The van der Waals surface area contributed by atoms with Crippen LogP contribution in [0.3, 0.4) is 0 Å². The molecule has 1 atom stereocenters. The quantitative estimate of drug-likeness (QED) is 0.631. The maximum absolute atomic E-state index is 11.4. The third kappa shape index (κ3) is 2.23. The summed E-state index contributed by atoms with van der Waals surface area (Å²) < 4.78 is 0. The maximum Gasteiger partial charge on any atom is 0.172 e. The lowest BCUT2D eigenvalue weighted by Gasteiger charge is -2.07. The molecule has 1 rings (SSSR count). The molecule has 0 aromatic heterocycles. The lowest BCUT2D eigenvalue weighted by Crippen LogP contribution is -2.09. The highest BCUT2D eigenvalue weighted by Crippen LogP contribution is 2.27. The number of rotatable bonds is 3. The number of hydrogen-bond donors (Lipinski definition) is 3. The molecule has 0 saturated carbocycles. The molecule has 76 valence electrons. The summed E-state index contributed by atoms with van der Waals surface area (Å²) in [4.78, 5) is 11.4. The third-order valence-corrected chi connectivity index (χ3v) is 1.78. The Hall–Kier alpha value is -1.55. The monoisotopic (exact) mass is 196 g/mol. The van der Waals surface area contributed by atoms with Crippen molar-refractivity contribution in [1.29, 1.82) is 0 Å². The third-order valence-electron chi connectivity index (χ3n) is 1.78. The molecule has 3 N–H and O–H groups in total. The van der Waals surface area contributed by atoms with Gasteiger partial charge in [0.25, 0.3) is 0 Å². The summed E-state index contributed by atoms with van der Waals surface area (Å²) >= 11 is 0. The summed E-state index contributed by atoms with van der Waals surface area (Å²) in [5.41, 5.74) is -0.131. The zero-order chi connectivity index (χ0) is 10.7. The molecule has 0 aliphatic carbocycles. The van der Waals surface area contributed by atoms with Crippen LogP contribution in [-0.2, 0) is 0 Å². The second-order valence-electron chi connectivity index (χ2n) is 3.15. The Labute approximate surface area is 81.4 Å². The van der Waals surface area contributed by atoms with Gasteiger partial charge in [0.1, 0.15) is 17.1 Å². The molecule has 0 fully saturated rings. The molecule has 0 saturated heterocycles. The van der Waals surface area contributed by atoms with E-state index in [-0.39, 0.29) is 23.5 Å². The average molecular weight is 196 g/mol. The van der Waals surface area contributed by atoms with Gasteiger partial charge in [0.05, 0.1) is 6.10 Å². The second-order valence-corrected chi connectivity index (χ2v) is 3.15. The molecule has 0 amide bonds. The van der Waals surface area contributed by atoms with Crippen LogP contribution in [0, 0.1) is 0 Å². The zero-order valence-corrected chi connectivity index (χ0v) is 7.77. The lowest BCUT2D eigenvalue weighted by molar-refractivity contribution is 0.0896. The van der Waals surface area contributed by atoms with Crippen molar-refractivity contribution in [2.75, 3.05) is 0 Å². The SMILES string of the molecule is CC(O)CC(=O)c1c(O)cccc1O. The molecule has 0 spiro atoms. The van der Waals surface area contributed by atoms with Gasteiger partial charge in [-0.1, -0.05) is 6.07 Å². The number of carbonyl (C=O) groups excluding carboxylic acids is 1. The minimum atomic E-state index is -0.790. The van der Waals surface area contributed by atoms with Gasteiger partial charge in [-0.2, -0.15) is 0 Å². The van der Waals surface area contributed by atoms with Gasteiger partial charge < -0.3 is 15.3 Å². The Morgan fingerprint density at radius 1 is 1.36 bits per heavy atom. The van der Waals surface area contributed by atoms with Gasteiger partial charge in [-0.25, -0.2) is 0 Å². The van der Waals surface area contributed by atoms with Gasteiger partial charge in [0.15, 0.2) is 5.78 Å². The molecule has 0 heterocycles. The largest absolute Gasteiger partial charge is 0.507 e. The number of Topliss-reactive ketones (excluding diaryl/α,β-unsaturated/α-hetero) is 1. The molecular weight excluding hydrogens is 184 g/mol. The maximum atomic E-state index is 11.4. The average Bonchev–Trinajstić information content (AvgIpc) is 2.01. The van der Waals surface area contributed by atoms with E-state index >= 15 is 0 Å². The molecule has 14 heavy (non-hydrogen) atoms. The highest BCUT2D eigenvalue weighted by Gasteiger charge is 2.17. The van der Waals surface area contributed by atoms with E-state index in [0.717, 1.165) is 0 Å². The molecule has 0 bridgehead atoms. The first-order valence-electron chi connectivity index (χ1n) is 4.24. The Morgan fingerprint density at radius 2 is 1.86 bits per heavy atom. The van der Waals surface area contributed by atoms with Crippen molar-refractivity contribution >= 4 is 5.78 Å². The summed E-state index contributed by atoms with van der Waals surface area (Å²) in [6, 6.07) is 4.06. The Bertz CT molecular complexity index is 324. The van der Waals surface area contributed by atoms with Crippen LogP contribution in [-0.4, -0.2) is 27.2 Å². The van der Waals surface area contributed by atoms with E-state index in [2.05, 4.69) is 0 Å². The molecule has 0 radical (unpaired) electrons. The highest BCUT2D eigenvalue weighted by molar-refractivity contribution is 6.01. The molecule has 1 aromatic carbocycles. The van der Waals surface area contributed by atoms with Crippen LogP contribution >= 0.6 is 0 Å². The Morgan fingerprint density at radius 3 is 2.29 bits per heavy atom. The summed E-state index contributed by atoms with van der Waals surface area (Å²) in [6.07, 6.45) is -0.910.